The van der Waals surface area contributed by atoms with Crippen molar-refractivity contribution in [2.45, 2.75) is 19.4 Å². The van der Waals surface area contributed by atoms with Crippen molar-refractivity contribution in [2.75, 3.05) is 14.2 Å². The molecule has 0 unspecified atom stereocenters. The molecule has 0 saturated heterocycles. The van der Waals surface area contributed by atoms with Crippen molar-refractivity contribution < 1.29 is 4.74 Å². The fourth-order valence-electron chi connectivity index (χ4n) is 1.46. The number of nitrogens with one attached hydrogen (secondary N) is 1. The number of ether oxygens (including phenoxy) is 1. The maximum absolute atomic E-state index is 5.17. The summed E-state index contributed by atoms with van der Waals surface area (Å²) in [5.41, 5.74) is 1.28. The first-order valence-electron chi connectivity index (χ1n) is 4.63. The third-order valence-corrected chi connectivity index (χ3v) is 2.25. The maximum Gasteiger partial charge on any atom is 0.119 e. The summed E-state index contributed by atoms with van der Waals surface area (Å²) in [5.74, 6) is 0.922. The molecule has 1 atom stereocenters. The molecule has 0 fully saturated rings. The molecule has 13 heavy (non-hydrogen) atoms. The molecule has 0 spiro atoms. The van der Waals surface area contributed by atoms with Crippen molar-refractivity contribution in [1.82, 2.24) is 5.32 Å². The predicted octanol–water partition coefficient (Wildman–Crippen LogP) is 2.37. The number of rotatable bonds is 4. The lowest BCUT2D eigenvalue weighted by Gasteiger charge is -2.14. The van der Waals surface area contributed by atoms with Gasteiger partial charge in [-0.1, -0.05) is 19.1 Å². The molecule has 0 radical (unpaired) electrons. The fraction of sp³-hybridized carbons (Fsp3) is 0.455. The molecule has 0 bridgehead atoms. The molecule has 1 aromatic carbocycles. The lowest BCUT2D eigenvalue weighted by atomic mass is 10.0. The van der Waals surface area contributed by atoms with Crippen molar-refractivity contribution in [2.24, 2.45) is 0 Å². The van der Waals surface area contributed by atoms with Gasteiger partial charge >= 0.3 is 0 Å². The molecule has 1 rings (SSSR count). The molecule has 0 heterocycles. The number of benzene rings is 1. The Kier molecular flexibility index (Phi) is 3.77. The smallest absolute Gasteiger partial charge is 0.119 e. The SMILES string of the molecule is CC[C@@H](NC)c1cccc(OC)c1. The highest BCUT2D eigenvalue weighted by Gasteiger charge is 2.06. The highest BCUT2D eigenvalue weighted by molar-refractivity contribution is 5.30. The zero-order valence-corrected chi connectivity index (χ0v) is 8.50. The monoisotopic (exact) mass is 179 g/mol. The van der Waals surface area contributed by atoms with Gasteiger partial charge in [0.25, 0.3) is 0 Å². The Balaban J connectivity index is 2.86. The van der Waals surface area contributed by atoms with Crippen LogP contribution in [-0.2, 0) is 0 Å². The summed E-state index contributed by atoms with van der Waals surface area (Å²) in [6.07, 6.45) is 1.09. The van der Waals surface area contributed by atoms with Crippen LogP contribution in [0.4, 0.5) is 0 Å². The molecule has 0 aliphatic heterocycles. The first-order chi connectivity index (χ1) is 6.31. The van der Waals surface area contributed by atoms with Gasteiger partial charge < -0.3 is 10.1 Å². The molecule has 0 amide bonds. The van der Waals surface area contributed by atoms with Crippen LogP contribution in [0.1, 0.15) is 24.9 Å². The van der Waals surface area contributed by atoms with Crippen LogP contribution in [0, 0.1) is 0 Å². The summed E-state index contributed by atoms with van der Waals surface area (Å²) in [7, 11) is 3.67. The van der Waals surface area contributed by atoms with Gasteiger partial charge in [-0.15, -0.1) is 0 Å². The van der Waals surface area contributed by atoms with Gasteiger partial charge in [0.2, 0.25) is 0 Å². The van der Waals surface area contributed by atoms with Gasteiger partial charge in [0, 0.05) is 6.04 Å². The minimum Gasteiger partial charge on any atom is -0.497 e. The van der Waals surface area contributed by atoms with Crippen molar-refractivity contribution in [3.63, 3.8) is 0 Å². The summed E-state index contributed by atoms with van der Waals surface area (Å²) < 4.78 is 5.17. The molecule has 0 aromatic heterocycles. The Bertz CT molecular complexity index is 256. The van der Waals surface area contributed by atoms with E-state index in [1.165, 1.54) is 5.56 Å². The third-order valence-electron chi connectivity index (χ3n) is 2.25. The molecule has 2 nitrogen and oxygen atoms in total. The van der Waals surface area contributed by atoms with Crippen LogP contribution in [0.3, 0.4) is 0 Å². The van der Waals surface area contributed by atoms with Crippen LogP contribution < -0.4 is 10.1 Å². The number of hydrogen-bond acceptors (Lipinski definition) is 2. The molecule has 1 aromatic rings. The molecule has 0 saturated carbocycles. The minimum absolute atomic E-state index is 0.426. The largest absolute Gasteiger partial charge is 0.497 e. The van der Waals surface area contributed by atoms with E-state index in [9.17, 15) is 0 Å². The summed E-state index contributed by atoms with van der Waals surface area (Å²) in [6, 6.07) is 8.60. The summed E-state index contributed by atoms with van der Waals surface area (Å²) >= 11 is 0. The second-order valence-corrected chi connectivity index (χ2v) is 3.03. The van der Waals surface area contributed by atoms with Crippen LogP contribution >= 0.6 is 0 Å². The average Bonchev–Trinajstić information content (AvgIpc) is 2.20. The lowest BCUT2D eigenvalue weighted by molar-refractivity contribution is 0.413. The quantitative estimate of drug-likeness (QED) is 0.766. The standard InChI is InChI=1S/C11H17NO/c1-4-11(12-2)9-6-5-7-10(8-9)13-3/h5-8,11-12H,4H2,1-3H3/t11-/m1/s1. The molecule has 72 valence electrons. The average molecular weight is 179 g/mol. The van der Waals surface area contributed by atoms with Gasteiger partial charge in [0.1, 0.15) is 5.75 Å². The lowest BCUT2D eigenvalue weighted by Crippen LogP contribution is -2.14. The van der Waals surface area contributed by atoms with Crippen LogP contribution in [0.25, 0.3) is 0 Å². The van der Waals surface area contributed by atoms with E-state index in [4.69, 9.17) is 4.74 Å². The first-order valence-corrected chi connectivity index (χ1v) is 4.63. The van der Waals surface area contributed by atoms with Gasteiger partial charge in [0.15, 0.2) is 0 Å². The normalized spacial score (nSPS) is 12.5. The van der Waals surface area contributed by atoms with E-state index in [1.807, 2.05) is 19.2 Å². The van der Waals surface area contributed by atoms with E-state index >= 15 is 0 Å². The minimum atomic E-state index is 0.426. The van der Waals surface area contributed by atoms with Gasteiger partial charge in [-0.3, -0.25) is 0 Å². The summed E-state index contributed by atoms with van der Waals surface area (Å²) in [6.45, 7) is 2.17. The Morgan fingerprint density at radius 2 is 2.23 bits per heavy atom. The topological polar surface area (TPSA) is 21.3 Å². The van der Waals surface area contributed by atoms with Crippen molar-refractivity contribution >= 4 is 0 Å². The molecule has 0 aliphatic carbocycles. The Morgan fingerprint density at radius 3 is 2.77 bits per heavy atom. The first kappa shape index (κ1) is 10.1. The van der Waals surface area contributed by atoms with E-state index in [0.717, 1.165) is 12.2 Å². The predicted molar refractivity (Wildman–Crippen MR) is 55.1 cm³/mol. The maximum atomic E-state index is 5.17. The molecular weight excluding hydrogens is 162 g/mol. The Labute approximate surface area is 79.9 Å². The van der Waals surface area contributed by atoms with E-state index < -0.39 is 0 Å². The Hall–Kier alpha value is -1.02. The van der Waals surface area contributed by atoms with Crippen molar-refractivity contribution in [1.29, 1.82) is 0 Å². The summed E-state index contributed by atoms with van der Waals surface area (Å²) in [5, 5.41) is 3.26. The van der Waals surface area contributed by atoms with Crippen LogP contribution in [0.2, 0.25) is 0 Å². The van der Waals surface area contributed by atoms with Crippen LogP contribution in [0.5, 0.6) is 5.75 Å². The van der Waals surface area contributed by atoms with E-state index in [0.29, 0.717) is 6.04 Å². The highest BCUT2D eigenvalue weighted by Crippen LogP contribution is 2.20. The van der Waals surface area contributed by atoms with Crippen LogP contribution in [0.15, 0.2) is 24.3 Å². The van der Waals surface area contributed by atoms with E-state index in [1.54, 1.807) is 7.11 Å². The Morgan fingerprint density at radius 1 is 1.46 bits per heavy atom. The van der Waals surface area contributed by atoms with Crippen molar-refractivity contribution in [3.05, 3.63) is 29.8 Å². The highest BCUT2D eigenvalue weighted by atomic mass is 16.5. The van der Waals surface area contributed by atoms with Gasteiger partial charge in [-0.25, -0.2) is 0 Å². The molecular formula is C11H17NO. The molecule has 2 heteroatoms. The number of hydrogen-bond donors (Lipinski definition) is 1. The van der Waals surface area contributed by atoms with Gasteiger partial charge in [0.05, 0.1) is 7.11 Å². The third kappa shape index (κ3) is 2.46. The van der Waals surface area contributed by atoms with E-state index in [-0.39, 0.29) is 0 Å². The zero-order valence-electron chi connectivity index (χ0n) is 8.50. The van der Waals surface area contributed by atoms with Crippen molar-refractivity contribution in [3.8, 4) is 5.75 Å². The summed E-state index contributed by atoms with van der Waals surface area (Å²) in [4.78, 5) is 0. The van der Waals surface area contributed by atoms with Gasteiger partial charge in [-0.05, 0) is 31.2 Å². The van der Waals surface area contributed by atoms with E-state index in [2.05, 4.69) is 24.4 Å². The zero-order chi connectivity index (χ0) is 9.68. The second kappa shape index (κ2) is 4.87. The number of methoxy groups -OCH3 is 1. The second-order valence-electron chi connectivity index (χ2n) is 3.03. The fourth-order valence-corrected chi connectivity index (χ4v) is 1.46. The molecule has 0 aliphatic rings. The van der Waals surface area contributed by atoms with Crippen LogP contribution in [-0.4, -0.2) is 14.2 Å². The van der Waals surface area contributed by atoms with Gasteiger partial charge in [-0.2, -0.15) is 0 Å². The molecule has 1 N–H and O–H groups in total.